The highest BCUT2D eigenvalue weighted by Gasteiger charge is 2.40. The molecule has 0 N–H and O–H groups in total. The van der Waals surface area contributed by atoms with E-state index in [4.69, 9.17) is 4.42 Å². The number of aryl methyl sites for hydroxylation is 1. The average molecular weight is 300 g/mol. The SMILES string of the molecule is Cc1nnc(CN2CCCN(S(=O)(=O)C3CC3)CC2)o1. The van der Waals surface area contributed by atoms with Crippen LogP contribution in [0.5, 0.6) is 0 Å². The van der Waals surface area contributed by atoms with Crippen molar-refractivity contribution >= 4 is 10.0 Å². The molecular weight excluding hydrogens is 280 g/mol. The van der Waals surface area contributed by atoms with Gasteiger partial charge in [0.15, 0.2) is 0 Å². The summed E-state index contributed by atoms with van der Waals surface area (Å²) in [5.74, 6) is 1.16. The Morgan fingerprint density at radius 2 is 2.00 bits per heavy atom. The van der Waals surface area contributed by atoms with Gasteiger partial charge in [-0.1, -0.05) is 0 Å². The van der Waals surface area contributed by atoms with Gasteiger partial charge in [-0.15, -0.1) is 10.2 Å². The minimum atomic E-state index is -3.05. The zero-order valence-electron chi connectivity index (χ0n) is 11.7. The molecule has 0 spiro atoms. The topological polar surface area (TPSA) is 79.5 Å². The van der Waals surface area contributed by atoms with Gasteiger partial charge in [-0.2, -0.15) is 0 Å². The third kappa shape index (κ3) is 3.02. The molecule has 0 atom stereocenters. The number of sulfonamides is 1. The molecule has 1 saturated heterocycles. The molecule has 2 fully saturated rings. The minimum Gasteiger partial charge on any atom is -0.424 e. The van der Waals surface area contributed by atoms with E-state index in [0.29, 0.717) is 38.0 Å². The summed E-state index contributed by atoms with van der Waals surface area (Å²) in [5.41, 5.74) is 0. The van der Waals surface area contributed by atoms with E-state index in [0.717, 1.165) is 25.8 Å². The molecule has 1 aliphatic carbocycles. The molecule has 112 valence electrons. The van der Waals surface area contributed by atoms with E-state index in [-0.39, 0.29) is 5.25 Å². The van der Waals surface area contributed by atoms with Crippen LogP contribution in [0.25, 0.3) is 0 Å². The van der Waals surface area contributed by atoms with Crippen molar-refractivity contribution in [2.75, 3.05) is 26.2 Å². The van der Waals surface area contributed by atoms with Gasteiger partial charge in [0.05, 0.1) is 11.8 Å². The van der Waals surface area contributed by atoms with Crippen molar-refractivity contribution < 1.29 is 12.8 Å². The van der Waals surface area contributed by atoms with Crippen molar-refractivity contribution in [3.63, 3.8) is 0 Å². The highest BCUT2D eigenvalue weighted by atomic mass is 32.2. The maximum absolute atomic E-state index is 12.2. The average Bonchev–Trinajstić information content (AvgIpc) is 3.19. The van der Waals surface area contributed by atoms with Gasteiger partial charge in [-0.25, -0.2) is 12.7 Å². The first-order valence-electron chi connectivity index (χ1n) is 7.06. The predicted molar refractivity (Wildman–Crippen MR) is 72.4 cm³/mol. The fourth-order valence-corrected chi connectivity index (χ4v) is 4.40. The van der Waals surface area contributed by atoms with Crippen molar-refractivity contribution in [1.29, 1.82) is 0 Å². The van der Waals surface area contributed by atoms with Crippen LogP contribution in [-0.2, 0) is 16.6 Å². The number of hydrogen-bond donors (Lipinski definition) is 0. The highest BCUT2D eigenvalue weighted by Crippen LogP contribution is 2.31. The van der Waals surface area contributed by atoms with Gasteiger partial charge >= 0.3 is 0 Å². The summed E-state index contributed by atoms with van der Waals surface area (Å²) in [6.07, 6.45) is 2.49. The Bertz CT molecular complexity index is 567. The van der Waals surface area contributed by atoms with Crippen LogP contribution in [0.4, 0.5) is 0 Å². The standard InChI is InChI=1S/C12H20N4O3S/c1-10-13-14-12(19-10)9-15-5-2-6-16(8-7-15)20(17,18)11-3-4-11/h11H,2-9H2,1H3. The first-order valence-corrected chi connectivity index (χ1v) is 8.56. The normalized spacial score (nSPS) is 22.9. The van der Waals surface area contributed by atoms with Gasteiger partial charge in [0.2, 0.25) is 21.8 Å². The summed E-state index contributed by atoms with van der Waals surface area (Å²) in [4.78, 5) is 2.18. The van der Waals surface area contributed by atoms with Crippen molar-refractivity contribution in [3.05, 3.63) is 11.8 Å². The van der Waals surface area contributed by atoms with E-state index in [1.165, 1.54) is 0 Å². The second kappa shape index (κ2) is 5.42. The van der Waals surface area contributed by atoms with Crippen LogP contribution in [0.1, 0.15) is 31.0 Å². The van der Waals surface area contributed by atoms with Crippen LogP contribution < -0.4 is 0 Å². The van der Waals surface area contributed by atoms with Gasteiger partial charge in [0.1, 0.15) is 0 Å². The lowest BCUT2D eigenvalue weighted by Crippen LogP contribution is -2.37. The van der Waals surface area contributed by atoms with Crippen molar-refractivity contribution in [1.82, 2.24) is 19.4 Å². The smallest absolute Gasteiger partial charge is 0.230 e. The monoisotopic (exact) mass is 300 g/mol. The van der Waals surface area contributed by atoms with E-state index >= 15 is 0 Å². The molecule has 2 aliphatic rings. The summed E-state index contributed by atoms with van der Waals surface area (Å²) in [7, 11) is -3.05. The maximum Gasteiger partial charge on any atom is 0.230 e. The van der Waals surface area contributed by atoms with Gasteiger partial charge in [-0.3, -0.25) is 4.90 Å². The fourth-order valence-electron chi connectivity index (χ4n) is 2.53. The molecule has 1 saturated carbocycles. The third-order valence-corrected chi connectivity index (χ3v) is 6.18. The maximum atomic E-state index is 12.2. The largest absolute Gasteiger partial charge is 0.424 e. The molecule has 3 rings (SSSR count). The van der Waals surface area contributed by atoms with Gasteiger partial charge in [-0.05, 0) is 25.8 Å². The van der Waals surface area contributed by atoms with Crippen molar-refractivity contribution in [3.8, 4) is 0 Å². The van der Waals surface area contributed by atoms with E-state index in [9.17, 15) is 8.42 Å². The zero-order valence-corrected chi connectivity index (χ0v) is 12.5. The lowest BCUT2D eigenvalue weighted by atomic mass is 10.4. The molecule has 7 nitrogen and oxygen atoms in total. The zero-order chi connectivity index (χ0) is 14.2. The summed E-state index contributed by atoms with van der Waals surface area (Å²) in [6, 6.07) is 0. The van der Waals surface area contributed by atoms with Crippen LogP contribution in [0.3, 0.4) is 0 Å². The molecule has 20 heavy (non-hydrogen) atoms. The molecule has 0 unspecified atom stereocenters. The molecule has 2 heterocycles. The minimum absolute atomic E-state index is 0.118. The quantitative estimate of drug-likeness (QED) is 0.799. The van der Waals surface area contributed by atoms with Crippen LogP contribution in [0.15, 0.2) is 4.42 Å². The summed E-state index contributed by atoms with van der Waals surface area (Å²) in [6.45, 7) is 5.12. The number of nitrogens with zero attached hydrogens (tertiary/aromatic N) is 4. The van der Waals surface area contributed by atoms with E-state index < -0.39 is 10.0 Å². The Kier molecular flexibility index (Phi) is 3.78. The van der Waals surface area contributed by atoms with Gasteiger partial charge in [0.25, 0.3) is 0 Å². The number of aromatic nitrogens is 2. The first kappa shape index (κ1) is 14.0. The first-order chi connectivity index (χ1) is 9.55. The Morgan fingerprint density at radius 1 is 1.20 bits per heavy atom. The molecule has 0 radical (unpaired) electrons. The Morgan fingerprint density at radius 3 is 2.65 bits per heavy atom. The Hall–Kier alpha value is -0.990. The van der Waals surface area contributed by atoms with Gasteiger partial charge < -0.3 is 4.42 Å². The Labute approximate surface area is 119 Å². The number of rotatable bonds is 4. The predicted octanol–water partition coefficient (Wildman–Crippen LogP) is 0.378. The van der Waals surface area contributed by atoms with Crippen LogP contribution in [-0.4, -0.2) is 59.2 Å². The molecule has 0 amide bonds. The summed E-state index contributed by atoms with van der Waals surface area (Å²) >= 11 is 0. The molecule has 8 heteroatoms. The number of hydrogen-bond acceptors (Lipinski definition) is 6. The molecule has 1 aliphatic heterocycles. The second-order valence-corrected chi connectivity index (χ2v) is 7.70. The molecule has 0 aromatic carbocycles. The van der Waals surface area contributed by atoms with Crippen LogP contribution in [0, 0.1) is 6.92 Å². The second-order valence-electron chi connectivity index (χ2n) is 5.49. The van der Waals surface area contributed by atoms with Crippen LogP contribution >= 0.6 is 0 Å². The van der Waals surface area contributed by atoms with E-state index in [2.05, 4.69) is 15.1 Å². The lowest BCUT2D eigenvalue weighted by molar-refractivity contribution is 0.248. The summed E-state index contributed by atoms with van der Waals surface area (Å²) < 4.78 is 31.5. The van der Waals surface area contributed by atoms with E-state index in [1.807, 2.05) is 0 Å². The molecular formula is C12H20N4O3S. The fraction of sp³-hybridized carbons (Fsp3) is 0.833. The lowest BCUT2D eigenvalue weighted by Gasteiger charge is -2.20. The summed E-state index contributed by atoms with van der Waals surface area (Å²) in [5, 5.41) is 7.68. The molecule has 1 aromatic heterocycles. The van der Waals surface area contributed by atoms with Crippen molar-refractivity contribution in [2.24, 2.45) is 0 Å². The molecule has 1 aromatic rings. The van der Waals surface area contributed by atoms with Crippen LogP contribution in [0.2, 0.25) is 0 Å². The van der Waals surface area contributed by atoms with E-state index in [1.54, 1.807) is 11.2 Å². The van der Waals surface area contributed by atoms with Gasteiger partial charge in [0, 0.05) is 26.6 Å². The van der Waals surface area contributed by atoms with Crippen molar-refractivity contribution in [2.45, 2.75) is 38.0 Å². The highest BCUT2D eigenvalue weighted by molar-refractivity contribution is 7.90. The Balaban J connectivity index is 1.59. The third-order valence-electron chi connectivity index (χ3n) is 3.78. The molecule has 0 bridgehead atoms.